The van der Waals surface area contributed by atoms with E-state index in [1.807, 2.05) is 12.1 Å². The summed E-state index contributed by atoms with van der Waals surface area (Å²) in [6, 6.07) is 9.46. The van der Waals surface area contributed by atoms with E-state index in [0.717, 1.165) is 23.5 Å². The van der Waals surface area contributed by atoms with Crippen LogP contribution in [-0.4, -0.2) is 19.9 Å². The number of methoxy groups -OCH3 is 2. The first kappa shape index (κ1) is 18.1. The predicted octanol–water partition coefficient (Wildman–Crippen LogP) is 4.75. The zero-order chi connectivity index (χ0) is 17.8. The van der Waals surface area contributed by atoms with Gasteiger partial charge in [-0.2, -0.15) is 0 Å². The summed E-state index contributed by atoms with van der Waals surface area (Å²) in [6.45, 7) is 0. The number of ether oxygens (including phenoxy) is 2. The third-order valence-electron chi connectivity index (χ3n) is 4.74. The SMILES string of the molecule is COc1cc(F)ccc1P(c1ccc(F)cc1OC)C1CCCCC1. The first-order valence-electron chi connectivity index (χ1n) is 8.60. The van der Waals surface area contributed by atoms with Crippen LogP contribution in [0.3, 0.4) is 0 Å². The van der Waals surface area contributed by atoms with Gasteiger partial charge in [0.15, 0.2) is 0 Å². The third kappa shape index (κ3) is 3.95. The monoisotopic (exact) mass is 364 g/mol. The van der Waals surface area contributed by atoms with Crippen LogP contribution in [-0.2, 0) is 0 Å². The molecule has 1 saturated carbocycles. The van der Waals surface area contributed by atoms with Gasteiger partial charge in [0.25, 0.3) is 0 Å². The molecule has 0 spiro atoms. The summed E-state index contributed by atoms with van der Waals surface area (Å²) in [5, 5.41) is 1.99. The summed E-state index contributed by atoms with van der Waals surface area (Å²) < 4.78 is 38.3. The Labute approximate surface area is 148 Å². The molecule has 25 heavy (non-hydrogen) atoms. The minimum atomic E-state index is -0.830. The van der Waals surface area contributed by atoms with Gasteiger partial charge in [0.05, 0.1) is 14.2 Å². The van der Waals surface area contributed by atoms with Crippen LogP contribution < -0.4 is 20.1 Å². The van der Waals surface area contributed by atoms with E-state index in [2.05, 4.69) is 0 Å². The van der Waals surface area contributed by atoms with Gasteiger partial charge in [-0.25, -0.2) is 8.78 Å². The van der Waals surface area contributed by atoms with E-state index < -0.39 is 7.92 Å². The van der Waals surface area contributed by atoms with Crippen molar-refractivity contribution in [2.75, 3.05) is 14.2 Å². The van der Waals surface area contributed by atoms with E-state index in [-0.39, 0.29) is 11.6 Å². The second-order valence-electron chi connectivity index (χ2n) is 6.29. The van der Waals surface area contributed by atoms with Crippen LogP contribution in [0, 0.1) is 11.6 Å². The Hall–Kier alpha value is -1.67. The predicted molar refractivity (Wildman–Crippen MR) is 99.0 cm³/mol. The molecule has 3 rings (SSSR count). The first-order chi connectivity index (χ1) is 12.1. The molecule has 0 amide bonds. The summed E-state index contributed by atoms with van der Waals surface area (Å²) in [5.41, 5.74) is 0.461. The van der Waals surface area contributed by atoms with E-state index in [9.17, 15) is 8.78 Å². The number of halogens is 2. The maximum absolute atomic E-state index is 13.7. The highest BCUT2D eigenvalue weighted by Crippen LogP contribution is 2.50. The lowest BCUT2D eigenvalue weighted by atomic mass is 10.0. The molecule has 0 saturated heterocycles. The Balaban J connectivity index is 2.13. The zero-order valence-corrected chi connectivity index (χ0v) is 15.5. The van der Waals surface area contributed by atoms with Crippen LogP contribution in [0.5, 0.6) is 11.5 Å². The molecule has 0 bridgehead atoms. The lowest BCUT2D eigenvalue weighted by molar-refractivity contribution is 0.413. The average molecular weight is 364 g/mol. The Morgan fingerprint density at radius 2 is 1.28 bits per heavy atom. The molecule has 0 heterocycles. The Morgan fingerprint density at radius 1 is 0.800 bits per heavy atom. The van der Waals surface area contributed by atoms with Crippen LogP contribution in [0.25, 0.3) is 0 Å². The van der Waals surface area contributed by atoms with Gasteiger partial charge in [-0.3, -0.25) is 0 Å². The van der Waals surface area contributed by atoms with E-state index >= 15 is 0 Å². The lowest BCUT2D eigenvalue weighted by Gasteiger charge is -2.33. The van der Waals surface area contributed by atoms with Gasteiger partial charge in [0.1, 0.15) is 23.1 Å². The Bertz CT molecular complexity index is 676. The van der Waals surface area contributed by atoms with Gasteiger partial charge in [-0.05, 0) is 50.7 Å². The maximum atomic E-state index is 13.7. The van der Waals surface area contributed by atoms with Crippen molar-refractivity contribution in [1.82, 2.24) is 0 Å². The molecule has 0 aromatic heterocycles. The van der Waals surface area contributed by atoms with Gasteiger partial charge in [-0.1, -0.05) is 19.3 Å². The highest BCUT2D eigenvalue weighted by atomic mass is 31.1. The zero-order valence-electron chi connectivity index (χ0n) is 14.6. The highest BCUT2D eigenvalue weighted by Gasteiger charge is 2.31. The molecule has 2 nitrogen and oxygen atoms in total. The van der Waals surface area contributed by atoms with Crippen molar-refractivity contribution in [2.45, 2.75) is 37.8 Å². The molecule has 0 aliphatic heterocycles. The Morgan fingerprint density at radius 3 is 1.72 bits per heavy atom. The van der Waals surface area contributed by atoms with Crippen LogP contribution in [0.1, 0.15) is 32.1 Å². The van der Waals surface area contributed by atoms with Crippen molar-refractivity contribution < 1.29 is 18.3 Å². The van der Waals surface area contributed by atoms with Gasteiger partial charge in [-0.15, -0.1) is 0 Å². The van der Waals surface area contributed by atoms with E-state index in [4.69, 9.17) is 9.47 Å². The van der Waals surface area contributed by atoms with Crippen molar-refractivity contribution in [2.24, 2.45) is 0 Å². The molecule has 0 N–H and O–H groups in total. The standard InChI is InChI=1S/C20H23F2O2P/c1-23-17-12-14(21)8-10-19(17)25(16-6-4-3-5-7-16)20-11-9-15(22)13-18(20)24-2/h8-13,16H,3-7H2,1-2H3. The van der Waals surface area contributed by atoms with Crippen LogP contribution >= 0.6 is 7.92 Å². The number of benzene rings is 2. The average Bonchev–Trinajstić information content (AvgIpc) is 2.64. The van der Waals surface area contributed by atoms with Crippen LogP contribution in [0.4, 0.5) is 8.78 Å². The van der Waals surface area contributed by atoms with Crippen molar-refractivity contribution in [3.63, 3.8) is 0 Å². The molecule has 0 radical (unpaired) electrons. The maximum Gasteiger partial charge on any atom is 0.129 e. The van der Waals surface area contributed by atoms with Crippen LogP contribution in [0.15, 0.2) is 36.4 Å². The number of hydrogen-bond donors (Lipinski definition) is 0. The molecule has 0 atom stereocenters. The molecule has 1 aliphatic carbocycles. The summed E-state index contributed by atoms with van der Waals surface area (Å²) in [5.74, 6) is 0.488. The fourth-order valence-electron chi connectivity index (χ4n) is 3.56. The molecular formula is C20H23F2O2P. The molecule has 0 unspecified atom stereocenters. The summed E-state index contributed by atoms with van der Waals surface area (Å²) in [6.07, 6.45) is 5.87. The molecule has 5 heteroatoms. The van der Waals surface area contributed by atoms with Gasteiger partial charge < -0.3 is 9.47 Å². The van der Waals surface area contributed by atoms with E-state index in [1.54, 1.807) is 14.2 Å². The largest absolute Gasteiger partial charge is 0.496 e. The normalized spacial score (nSPS) is 15.4. The lowest BCUT2D eigenvalue weighted by Crippen LogP contribution is -2.26. The molecule has 134 valence electrons. The third-order valence-corrected chi connectivity index (χ3v) is 7.77. The Kier molecular flexibility index (Phi) is 5.90. The van der Waals surface area contributed by atoms with Gasteiger partial charge >= 0.3 is 0 Å². The minimum absolute atomic E-state index is 0.315. The molecule has 2 aromatic rings. The second kappa shape index (κ2) is 8.14. The summed E-state index contributed by atoms with van der Waals surface area (Å²) >= 11 is 0. The fourth-order valence-corrected chi connectivity index (χ4v) is 6.75. The first-order valence-corrected chi connectivity index (χ1v) is 10.0. The fraction of sp³-hybridized carbons (Fsp3) is 0.400. The second-order valence-corrected chi connectivity index (χ2v) is 8.73. The molecule has 1 aliphatic rings. The quantitative estimate of drug-likeness (QED) is 0.713. The van der Waals surface area contributed by atoms with E-state index in [0.29, 0.717) is 17.2 Å². The van der Waals surface area contributed by atoms with Crippen molar-refractivity contribution in [3.8, 4) is 11.5 Å². The van der Waals surface area contributed by atoms with Crippen molar-refractivity contribution >= 4 is 18.5 Å². The topological polar surface area (TPSA) is 18.5 Å². The minimum Gasteiger partial charge on any atom is -0.496 e. The smallest absolute Gasteiger partial charge is 0.129 e. The van der Waals surface area contributed by atoms with Crippen molar-refractivity contribution in [3.05, 3.63) is 48.0 Å². The highest BCUT2D eigenvalue weighted by molar-refractivity contribution is 7.74. The molecular weight excluding hydrogens is 341 g/mol. The van der Waals surface area contributed by atoms with E-state index in [1.165, 1.54) is 43.5 Å². The number of rotatable bonds is 5. The molecule has 2 aromatic carbocycles. The van der Waals surface area contributed by atoms with Crippen LogP contribution in [0.2, 0.25) is 0 Å². The number of hydrogen-bond acceptors (Lipinski definition) is 2. The van der Waals surface area contributed by atoms with Crippen molar-refractivity contribution in [1.29, 1.82) is 0 Å². The summed E-state index contributed by atoms with van der Waals surface area (Å²) in [4.78, 5) is 0. The van der Waals surface area contributed by atoms with Gasteiger partial charge in [0, 0.05) is 22.7 Å². The van der Waals surface area contributed by atoms with Gasteiger partial charge in [0.2, 0.25) is 0 Å². The summed E-state index contributed by atoms with van der Waals surface area (Å²) in [7, 11) is 2.30. The molecule has 1 fully saturated rings.